The van der Waals surface area contributed by atoms with Gasteiger partial charge >= 0.3 is 12.1 Å². The number of benzene rings is 1. The Morgan fingerprint density at radius 2 is 2.04 bits per heavy atom. The van der Waals surface area contributed by atoms with Crippen molar-refractivity contribution >= 4 is 12.1 Å². The minimum Gasteiger partial charge on any atom is -0.497 e. The van der Waals surface area contributed by atoms with Crippen molar-refractivity contribution in [2.24, 2.45) is 5.11 Å². The van der Waals surface area contributed by atoms with Crippen LogP contribution in [0.5, 0.6) is 5.75 Å². The molecule has 0 unspecified atom stereocenters. The maximum Gasteiger partial charge on any atom is 0.408 e. The van der Waals surface area contributed by atoms with Crippen LogP contribution in [0, 0.1) is 0 Å². The van der Waals surface area contributed by atoms with E-state index in [1.165, 1.54) is 7.11 Å². The lowest BCUT2D eigenvalue weighted by Crippen LogP contribution is -2.42. The number of carbonyl (C=O) groups excluding carboxylic acids is 2. The first-order valence-electron chi connectivity index (χ1n) is 8.06. The molecular formula is C17H24N4O5. The maximum absolute atomic E-state index is 12.3. The first-order chi connectivity index (χ1) is 12.2. The SMILES string of the molecule is CCOC(=O)[C@H](N=[N+]=[N-])[C@H](NC(=O)OC(C)(C)C)c1cccc(OC)c1. The van der Waals surface area contributed by atoms with Gasteiger partial charge < -0.3 is 19.5 Å². The number of azide groups is 1. The molecule has 0 saturated heterocycles. The fourth-order valence-corrected chi connectivity index (χ4v) is 2.15. The molecule has 0 saturated carbocycles. The molecule has 0 fully saturated rings. The van der Waals surface area contributed by atoms with Crippen molar-refractivity contribution in [3.63, 3.8) is 0 Å². The number of hydrogen-bond acceptors (Lipinski definition) is 6. The summed E-state index contributed by atoms with van der Waals surface area (Å²) in [5, 5.41) is 6.10. The second-order valence-electron chi connectivity index (χ2n) is 6.30. The number of nitrogens with one attached hydrogen (secondary N) is 1. The van der Waals surface area contributed by atoms with E-state index in [2.05, 4.69) is 15.3 Å². The number of amides is 1. The van der Waals surface area contributed by atoms with Crippen molar-refractivity contribution in [3.8, 4) is 5.75 Å². The van der Waals surface area contributed by atoms with Gasteiger partial charge in [-0.25, -0.2) is 4.79 Å². The van der Waals surface area contributed by atoms with Crippen molar-refractivity contribution in [1.29, 1.82) is 0 Å². The number of rotatable bonds is 7. The van der Waals surface area contributed by atoms with Gasteiger partial charge in [0.1, 0.15) is 11.4 Å². The predicted molar refractivity (Wildman–Crippen MR) is 94.7 cm³/mol. The van der Waals surface area contributed by atoms with E-state index in [1.807, 2.05) is 0 Å². The number of ether oxygens (including phenoxy) is 3. The molecule has 0 spiro atoms. The van der Waals surface area contributed by atoms with Gasteiger partial charge in [0.05, 0.1) is 19.8 Å². The van der Waals surface area contributed by atoms with Crippen LogP contribution < -0.4 is 10.1 Å². The van der Waals surface area contributed by atoms with Crippen molar-refractivity contribution < 1.29 is 23.8 Å². The van der Waals surface area contributed by atoms with E-state index < -0.39 is 29.7 Å². The first kappa shape index (κ1) is 21.1. The summed E-state index contributed by atoms with van der Waals surface area (Å²) < 4.78 is 15.4. The Balaban J connectivity index is 3.27. The summed E-state index contributed by atoms with van der Waals surface area (Å²) in [7, 11) is 1.49. The van der Waals surface area contributed by atoms with Gasteiger partial charge in [-0.2, -0.15) is 0 Å². The molecule has 9 nitrogen and oxygen atoms in total. The standard InChI is InChI=1S/C17H24N4O5/c1-6-25-15(22)14(20-21-18)13(19-16(23)26-17(2,3)4)11-8-7-9-12(10-11)24-5/h7-10,13-14H,6H2,1-5H3,(H,19,23)/t13-,14-/m1/s1. The third-order valence-corrected chi connectivity index (χ3v) is 3.15. The molecule has 0 aromatic heterocycles. The van der Waals surface area contributed by atoms with Crippen LogP contribution in [0.4, 0.5) is 4.79 Å². The Hall–Kier alpha value is -2.93. The minimum atomic E-state index is -1.31. The number of alkyl carbamates (subject to hydrolysis) is 1. The van der Waals surface area contributed by atoms with Crippen LogP contribution in [0.3, 0.4) is 0 Å². The number of carbonyl (C=O) groups is 2. The van der Waals surface area contributed by atoms with Crippen LogP contribution in [-0.2, 0) is 14.3 Å². The van der Waals surface area contributed by atoms with E-state index in [0.29, 0.717) is 11.3 Å². The Morgan fingerprint density at radius 3 is 2.58 bits per heavy atom. The monoisotopic (exact) mass is 364 g/mol. The fourth-order valence-electron chi connectivity index (χ4n) is 2.15. The number of hydrogen-bond donors (Lipinski definition) is 1. The van der Waals surface area contributed by atoms with Gasteiger partial charge in [-0.15, -0.1) is 0 Å². The Labute approximate surface area is 152 Å². The molecule has 1 rings (SSSR count). The molecule has 0 aliphatic rings. The summed E-state index contributed by atoms with van der Waals surface area (Å²) in [5.41, 5.74) is 8.62. The van der Waals surface area contributed by atoms with E-state index in [1.54, 1.807) is 52.0 Å². The Morgan fingerprint density at radius 1 is 1.35 bits per heavy atom. The van der Waals surface area contributed by atoms with Crippen molar-refractivity contribution in [3.05, 3.63) is 40.3 Å². The topological polar surface area (TPSA) is 123 Å². The van der Waals surface area contributed by atoms with Gasteiger partial charge in [-0.3, -0.25) is 4.79 Å². The number of esters is 1. The smallest absolute Gasteiger partial charge is 0.408 e. The van der Waals surface area contributed by atoms with Gasteiger partial charge in [-0.05, 0) is 50.9 Å². The van der Waals surface area contributed by atoms with Crippen LogP contribution in [0.1, 0.15) is 39.3 Å². The Bertz CT molecular complexity index is 680. The zero-order valence-electron chi connectivity index (χ0n) is 15.6. The molecule has 9 heteroatoms. The van der Waals surface area contributed by atoms with E-state index in [9.17, 15) is 9.59 Å². The van der Waals surface area contributed by atoms with Crippen LogP contribution in [0.2, 0.25) is 0 Å². The average Bonchev–Trinajstić information content (AvgIpc) is 2.56. The lowest BCUT2D eigenvalue weighted by Gasteiger charge is -2.26. The average molecular weight is 364 g/mol. The molecule has 26 heavy (non-hydrogen) atoms. The largest absolute Gasteiger partial charge is 0.497 e. The van der Waals surface area contributed by atoms with Gasteiger partial charge in [0.2, 0.25) is 0 Å². The quantitative estimate of drug-likeness (QED) is 0.343. The summed E-state index contributed by atoms with van der Waals surface area (Å²) in [4.78, 5) is 27.2. The maximum atomic E-state index is 12.3. The number of methoxy groups -OCH3 is 1. The van der Waals surface area contributed by atoms with Crippen LogP contribution >= 0.6 is 0 Å². The minimum absolute atomic E-state index is 0.105. The Kier molecular flexibility index (Phi) is 7.74. The summed E-state index contributed by atoms with van der Waals surface area (Å²) in [6, 6.07) is 4.40. The second kappa shape index (κ2) is 9.53. The molecule has 0 aliphatic heterocycles. The van der Waals surface area contributed by atoms with E-state index in [4.69, 9.17) is 19.7 Å². The molecule has 142 valence electrons. The highest BCUT2D eigenvalue weighted by atomic mass is 16.6. The summed E-state index contributed by atoms with van der Waals surface area (Å²) in [6.45, 7) is 6.87. The van der Waals surface area contributed by atoms with Crippen molar-refractivity contribution in [2.75, 3.05) is 13.7 Å². The predicted octanol–water partition coefficient (Wildman–Crippen LogP) is 3.50. The molecule has 0 bridgehead atoms. The molecule has 1 amide bonds. The first-order valence-corrected chi connectivity index (χ1v) is 8.06. The third kappa shape index (κ3) is 6.52. The normalized spacial score (nSPS) is 13.0. The second-order valence-corrected chi connectivity index (χ2v) is 6.30. The summed E-state index contributed by atoms with van der Waals surface area (Å²) >= 11 is 0. The zero-order chi connectivity index (χ0) is 19.7. The van der Waals surface area contributed by atoms with Gasteiger partial charge in [-0.1, -0.05) is 17.2 Å². The summed E-state index contributed by atoms with van der Waals surface area (Å²) in [6.07, 6.45) is -0.757. The van der Waals surface area contributed by atoms with Gasteiger partial charge in [0, 0.05) is 4.91 Å². The molecule has 1 N–H and O–H groups in total. The van der Waals surface area contributed by atoms with Crippen LogP contribution in [0.25, 0.3) is 10.4 Å². The molecular weight excluding hydrogens is 340 g/mol. The fraction of sp³-hybridized carbons (Fsp3) is 0.529. The van der Waals surface area contributed by atoms with E-state index in [0.717, 1.165) is 0 Å². The van der Waals surface area contributed by atoms with Crippen molar-refractivity contribution in [2.45, 2.75) is 45.4 Å². The number of nitrogens with zero attached hydrogens (tertiary/aromatic N) is 3. The highest BCUT2D eigenvalue weighted by molar-refractivity contribution is 5.79. The molecule has 1 aromatic carbocycles. The van der Waals surface area contributed by atoms with E-state index >= 15 is 0 Å². The van der Waals surface area contributed by atoms with E-state index in [-0.39, 0.29) is 6.61 Å². The lowest BCUT2D eigenvalue weighted by molar-refractivity contribution is -0.145. The van der Waals surface area contributed by atoms with Crippen molar-refractivity contribution in [1.82, 2.24) is 5.32 Å². The van der Waals surface area contributed by atoms with Gasteiger partial charge in [0.25, 0.3) is 0 Å². The lowest BCUT2D eigenvalue weighted by atomic mass is 9.99. The molecule has 0 radical (unpaired) electrons. The molecule has 1 aromatic rings. The van der Waals surface area contributed by atoms with Gasteiger partial charge in [0.15, 0.2) is 6.04 Å². The highest BCUT2D eigenvalue weighted by Gasteiger charge is 2.33. The molecule has 2 atom stereocenters. The van der Waals surface area contributed by atoms with Crippen LogP contribution in [-0.4, -0.2) is 37.4 Å². The highest BCUT2D eigenvalue weighted by Crippen LogP contribution is 2.25. The van der Waals surface area contributed by atoms with Crippen LogP contribution in [0.15, 0.2) is 29.4 Å². The molecule has 0 aliphatic carbocycles. The summed E-state index contributed by atoms with van der Waals surface area (Å²) in [5.74, 6) is -0.240. The third-order valence-electron chi connectivity index (χ3n) is 3.15. The zero-order valence-corrected chi connectivity index (χ0v) is 15.6. The molecule has 0 heterocycles.